The zero-order chi connectivity index (χ0) is 19.6. The van der Waals surface area contributed by atoms with Crippen LogP contribution in [0.2, 0.25) is 5.02 Å². The number of rotatable bonds is 6. The molecule has 0 saturated carbocycles. The lowest BCUT2D eigenvalue weighted by atomic mass is 10.1. The van der Waals surface area contributed by atoms with Crippen molar-refractivity contribution >= 4 is 29.2 Å². The van der Waals surface area contributed by atoms with E-state index < -0.39 is 0 Å². The van der Waals surface area contributed by atoms with Crippen LogP contribution in [0, 0.1) is 0 Å². The van der Waals surface area contributed by atoms with Gasteiger partial charge in [0.25, 0.3) is 0 Å². The summed E-state index contributed by atoms with van der Waals surface area (Å²) < 4.78 is 12.1. The molecule has 1 atom stereocenters. The number of thioether (sulfide) groups is 1. The number of hydrogen-bond acceptors (Lipinski definition) is 5. The van der Waals surface area contributed by atoms with Crippen molar-refractivity contribution in [1.82, 2.24) is 5.32 Å². The molecule has 0 saturated heterocycles. The molecule has 1 aromatic heterocycles. The zero-order valence-electron chi connectivity index (χ0n) is 15.6. The van der Waals surface area contributed by atoms with E-state index in [0.29, 0.717) is 18.1 Å². The van der Waals surface area contributed by atoms with Gasteiger partial charge in [-0.1, -0.05) is 41.9 Å². The predicted octanol–water partition coefficient (Wildman–Crippen LogP) is 5.41. The highest BCUT2D eigenvalue weighted by molar-refractivity contribution is 8.02. The standard InChI is InChI=1S/C23H19ClN2O2S/c24-17-6-8-21(27-12-15-4-2-1-3-5-15)16(10-17)11-18-7-9-22(28-18)23-25-19-13-29-14-20(19)26-23/h1-10,13,20H,11-12,14H2,(H,25,26). The van der Waals surface area contributed by atoms with E-state index in [1.165, 1.54) is 0 Å². The Morgan fingerprint density at radius 1 is 1.14 bits per heavy atom. The molecule has 0 bridgehead atoms. The Bertz CT molecular complexity index is 1090. The smallest absolute Gasteiger partial charge is 0.169 e. The molecule has 2 aromatic carbocycles. The van der Waals surface area contributed by atoms with Gasteiger partial charge in [-0.05, 0) is 41.3 Å². The molecule has 0 fully saturated rings. The second-order valence-corrected chi connectivity index (χ2v) is 8.33. The van der Waals surface area contributed by atoms with Gasteiger partial charge in [-0.2, -0.15) is 0 Å². The maximum Gasteiger partial charge on any atom is 0.169 e. The highest BCUT2D eigenvalue weighted by Gasteiger charge is 2.28. The fraction of sp³-hybridized carbons (Fsp3) is 0.174. The van der Waals surface area contributed by atoms with Crippen LogP contribution in [0.15, 0.2) is 81.2 Å². The van der Waals surface area contributed by atoms with Crippen molar-refractivity contribution in [2.24, 2.45) is 4.99 Å². The van der Waals surface area contributed by atoms with Crippen LogP contribution in [0.1, 0.15) is 22.6 Å². The average Bonchev–Trinajstić information content (AvgIpc) is 3.44. The lowest BCUT2D eigenvalue weighted by Crippen LogP contribution is -2.18. The lowest BCUT2D eigenvalue weighted by Gasteiger charge is -2.11. The van der Waals surface area contributed by atoms with E-state index in [-0.39, 0.29) is 6.04 Å². The quantitative estimate of drug-likeness (QED) is 0.577. The third-order valence-electron chi connectivity index (χ3n) is 4.89. The summed E-state index contributed by atoms with van der Waals surface area (Å²) in [5.74, 6) is 4.21. The maximum absolute atomic E-state index is 6.24. The van der Waals surface area contributed by atoms with Gasteiger partial charge in [-0.3, -0.25) is 4.99 Å². The van der Waals surface area contributed by atoms with Crippen LogP contribution in [-0.4, -0.2) is 17.6 Å². The fourth-order valence-electron chi connectivity index (χ4n) is 3.42. The van der Waals surface area contributed by atoms with Gasteiger partial charge in [-0.15, -0.1) is 11.8 Å². The van der Waals surface area contributed by atoms with Crippen molar-refractivity contribution in [2.45, 2.75) is 19.1 Å². The van der Waals surface area contributed by atoms with Gasteiger partial charge in [0.2, 0.25) is 0 Å². The number of nitrogens with one attached hydrogen (secondary N) is 1. The molecule has 29 heavy (non-hydrogen) atoms. The van der Waals surface area contributed by atoms with E-state index in [4.69, 9.17) is 25.7 Å². The van der Waals surface area contributed by atoms with Gasteiger partial charge in [0.1, 0.15) is 24.2 Å². The molecule has 1 unspecified atom stereocenters. The number of fused-ring (bicyclic) bond motifs is 1. The minimum atomic E-state index is 0.231. The number of amidine groups is 1. The first kappa shape index (κ1) is 18.4. The topological polar surface area (TPSA) is 46.8 Å². The van der Waals surface area contributed by atoms with Crippen LogP contribution in [-0.2, 0) is 13.0 Å². The van der Waals surface area contributed by atoms with Crippen molar-refractivity contribution in [3.8, 4) is 5.75 Å². The minimum absolute atomic E-state index is 0.231. The van der Waals surface area contributed by atoms with Crippen molar-refractivity contribution in [1.29, 1.82) is 0 Å². The predicted molar refractivity (Wildman–Crippen MR) is 118 cm³/mol. The first-order valence-corrected chi connectivity index (χ1v) is 10.9. The Morgan fingerprint density at radius 2 is 2.03 bits per heavy atom. The summed E-state index contributed by atoms with van der Waals surface area (Å²) >= 11 is 8.03. The molecule has 3 heterocycles. The molecule has 3 aromatic rings. The Morgan fingerprint density at radius 3 is 2.90 bits per heavy atom. The first-order valence-electron chi connectivity index (χ1n) is 9.45. The number of nitrogens with zero attached hydrogens (tertiary/aromatic N) is 1. The normalized spacial score (nSPS) is 17.5. The molecule has 4 nitrogen and oxygen atoms in total. The molecule has 5 rings (SSSR count). The van der Waals surface area contributed by atoms with Crippen LogP contribution in [0.3, 0.4) is 0 Å². The number of aliphatic imine (C=N–C) groups is 1. The van der Waals surface area contributed by atoms with Gasteiger partial charge in [0.15, 0.2) is 11.6 Å². The SMILES string of the molecule is Clc1ccc(OCc2ccccc2)c(Cc2ccc(C3=NC4CSC=C4N3)o2)c1. The fourth-order valence-corrected chi connectivity index (χ4v) is 4.54. The van der Waals surface area contributed by atoms with Gasteiger partial charge in [0.05, 0.1) is 0 Å². The number of hydrogen-bond donors (Lipinski definition) is 1. The summed E-state index contributed by atoms with van der Waals surface area (Å²) in [6.45, 7) is 0.508. The highest BCUT2D eigenvalue weighted by Crippen LogP contribution is 2.30. The van der Waals surface area contributed by atoms with Crippen LogP contribution in [0.25, 0.3) is 0 Å². The van der Waals surface area contributed by atoms with E-state index >= 15 is 0 Å². The molecule has 0 spiro atoms. The summed E-state index contributed by atoms with van der Waals surface area (Å²) in [5, 5.41) is 6.17. The Labute approximate surface area is 178 Å². The van der Waals surface area contributed by atoms with Gasteiger partial charge in [0, 0.05) is 28.5 Å². The van der Waals surface area contributed by atoms with Crippen LogP contribution in [0.5, 0.6) is 5.75 Å². The number of benzene rings is 2. The molecule has 0 radical (unpaired) electrons. The number of ether oxygens (including phenoxy) is 1. The number of halogens is 1. The van der Waals surface area contributed by atoms with Gasteiger partial charge < -0.3 is 14.5 Å². The van der Waals surface area contributed by atoms with Crippen LogP contribution >= 0.6 is 23.4 Å². The Kier molecular flexibility index (Phi) is 5.08. The summed E-state index contributed by atoms with van der Waals surface area (Å²) in [5.41, 5.74) is 3.28. The van der Waals surface area contributed by atoms with Gasteiger partial charge in [-0.25, -0.2) is 0 Å². The van der Waals surface area contributed by atoms with Crippen LogP contribution in [0.4, 0.5) is 0 Å². The summed E-state index contributed by atoms with van der Waals surface area (Å²) in [6, 6.07) is 20.0. The second-order valence-electron chi connectivity index (χ2n) is 6.99. The average molecular weight is 423 g/mol. The van der Waals surface area contributed by atoms with Crippen molar-refractivity contribution in [2.75, 3.05) is 5.75 Å². The van der Waals surface area contributed by atoms with E-state index in [1.807, 2.05) is 60.7 Å². The summed E-state index contributed by atoms with van der Waals surface area (Å²) in [6.07, 6.45) is 0.597. The monoisotopic (exact) mass is 422 g/mol. The molecule has 146 valence electrons. The van der Waals surface area contributed by atoms with Gasteiger partial charge >= 0.3 is 0 Å². The maximum atomic E-state index is 6.24. The van der Waals surface area contributed by atoms with E-state index in [0.717, 1.165) is 45.7 Å². The van der Waals surface area contributed by atoms with E-state index in [2.05, 4.69) is 10.7 Å². The Hall–Kier alpha value is -2.63. The van der Waals surface area contributed by atoms with Crippen molar-refractivity contribution in [3.05, 3.63) is 99.4 Å². The lowest BCUT2D eigenvalue weighted by molar-refractivity contribution is 0.303. The molecule has 2 aliphatic heterocycles. The molecule has 6 heteroatoms. The molecular weight excluding hydrogens is 404 g/mol. The third-order valence-corrected chi connectivity index (χ3v) is 6.05. The summed E-state index contributed by atoms with van der Waals surface area (Å²) in [4.78, 5) is 4.71. The third kappa shape index (κ3) is 4.07. The number of furan rings is 1. The van der Waals surface area contributed by atoms with E-state index in [9.17, 15) is 0 Å². The first-order chi connectivity index (χ1) is 14.2. The minimum Gasteiger partial charge on any atom is -0.489 e. The molecule has 1 N–H and O–H groups in total. The molecule has 0 aliphatic carbocycles. The molecular formula is C23H19ClN2O2S. The van der Waals surface area contributed by atoms with Crippen LogP contribution < -0.4 is 10.1 Å². The van der Waals surface area contributed by atoms with Crippen molar-refractivity contribution < 1.29 is 9.15 Å². The Balaban J connectivity index is 1.32. The summed E-state index contributed by atoms with van der Waals surface area (Å²) in [7, 11) is 0. The molecule has 0 amide bonds. The second kappa shape index (κ2) is 8.01. The largest absolute Gasteiger partial charge is 0.489 e. The highest BCUT2D eigenvalue weighted by atomic mass is 35.5. The molecule has 2 aliphatic rings. The van der Waals surface area contributed by atoms with E-state index in [1.54, 1.807) is 11.8 Å². The van der Waals surface area contributed by atoms with Crippen molar-refractivity contribution in [3.63, 3.8) is 0 Å². The zero-order valence-corrected chi connectivity index (χ0v) is 17.2.